The zero-order chi connectivity index (χ0) is 9.30. The number of hydrogen-bond donors (Lipinski definition) is 0. The second-order valence-corrected chi connectivity index (χ2v) is 3.81. The van der Waals surface area contributed by atoms with Crippen molar-refractivity contribution in [2.24, 2.45) is 0 Å². The van der Waals surface area contributed by atoms with E-state index in [1.807, 2.05) is 22.6 Å². The molecule has 1 rings (SSSR count). The van der Waals surface area contributed by atoms with Gasteiger partial charge in [0.05, 0.1) is 0 Å². The summed E-state index contributed by atoms with van der Waals surface area (Å²) in [4.78, 5) is 10.9. The van der Waals surface area contributed by atoms with Crippen molar-refractivity contribution in [3.8, 4) is 0 Å². The molecule has 0 aliphatic rings. The summed E-state index contributed by atoms with van der Waals surface area (Å²) >= 11 is 1.88. The standard InChI is InChI=1S/C9H8FIO/c1-5-3-7(6(2)12)4-8(11)9(5)10/h3-4H,1-2H3. The van der Waals surface area contributed by atoms with E-state index in [4.69, 9.17) is 0 Å². The van der Waals surface area contributed by atoms with Gasteiger partial charge in [-0.05, 0) is 54.1 Å². The number of hydrogen-bond acceptors (Lipinski definition) is 1. The summed E-state index contributed by atoms with van der Waals surface area (Å²) in [7, 11) is 0. The SMILES string of the molecule is CC(=O)c1cc(C)c(F)c(I)c1. The molecule has 0 saturated carbocycles. The molecule has 0 fully saturated rings. The zero-order valence-corrected chi connectivity index (χ0v) is 8.98. The zero-order valence-electron chi connectivity index (χ0n) is 6.82. The summed E-state index contributed by atoms with van der Waals surface area (Å²) in [6.07, 6.45) is 0. The van der Waals surface area contributed by atoms with Gasteiger partial charge in [0.1, 0.15) is 5.82 Å². The average Bonchev–Trinajstić information content (AvgIpc) is 1.99. The van der Waals surface area contributed by atoms with Crippen molar-refractivity contribution in [3.05, 3.63) is 32.6 Å². The van der Waals surface area contributed by atoms with Gasteiger partial charge in [0.15, 0.2) is 5.78 Å². The molecule has 0 radical (unpaired) electrons. The van der Waals surface area contributed by atoms with Crippen molar-refractivity contribution in [2.45, 2.75) is 13.8 Å². The lowest BCUT2D eigenvalue weighted by molar-refractivity contribution is 0.101. The van der Waals surface area contributed by atoms with Crippen LogP contribution in [0.1, 0.15) is 22.8 Å². The second kappa shape index (κ2) is 3.51. The monoisotopic (exact) mass is 278 g/mol. The van der Waals surface area contributed by atoms with Crippen molar-refractivity contribution in [1.29, 1.82) is 0 Å². The Labute approximate surface area is 84.1 Å². The quantitative estimate of drug-likeness (QED) is 0.570. The molecule has 0 aliphatic carbocycles. The van der Waals surface area contributed by atoms with Gasteiger partial charge in [-0.1, -0.05) is 0 Å². The molecule has 0 amide bonds. The molecule has 0 bridgehead atoms. The van der Waals surface area contributed by atoms with E-state index in [0.717, 1.165) is 0 Å². The number of Topliss-reactive ketones (excluding diaryl/α,β-unsaturated/α-hetero) is 1. The second-order valence-electron chi connectivity index (χ2n) is 2.65. The van der Waals surface area contributed by atoms with Crippen LogP contribution in [0.3, 0.4) is 0 Å². The summed E-state index contributed by atoms with van der Waals surface area (Å²) in [6, 6.07) is 3.13. The third-order valence-electron chi connectivity index (χ3n) is 1.62. The number of halogens is 2. The summed E-state index contributed by atoms with van der Waals surface area (Å²) in [6.45, 7) is 3.13. The Morgan fingerprint density at radius 3 is 2.50 bits per heavy atom. The normalized spacial score (nSPS) is 10.0. The van der Waals surface area contributed by atoms with E-state index in [-0.39, 0.29) is 11.6 Å². The summed E-state index contributed by atoms with van der Waals surface area (Å²) in [5, 5.41) is 0. The fourth-order valence-corrected chi connectivity index (χ4v) is 1.69. The van der Waals surface area contributed by atoms with E-state index in [0.29, 0.717) is 14.7 Å². The predicted molar refractivity (Wildman–Crippen MR) is 53.9 cm³/mol. The van der Waals surface area contributed by atoms with Crippen LogP contribution in [-0.4, -0.2) is 5.78 Å². The molecule has 0 spiro atoms. The summed E-state index contributed by atoms with van der Waals surface area (Å²) in [5.41, 5.74) is 1.09. The average molecular weight is 278 g/mol. The van der Waals surface area contributed by atoms with Crippen LogP contribution in [-0.2, 0) is 0 Å². The van der Waals surface area contributed by atoms with Gasteiger partial charge in [0.2, 0.25) is 0 Å². The Morgan fingerprint density at radius 1 is 1.50 bits per heavy atom. The van der Waals surface area contributed by atoms with Crippen LogP contribution in [0.4, 0.5) is 4.39 Å². The van der Waals surface area contributed by atoms with E-state index in [9.17, 15) is 9.18 Å². The van der Waals surface area contributed by atoms with Crippen LogP contribution in [0.25, 0.3) is 0 Å². The van der Waals surface area contributed by atoms with E-state index in [1.54, 1.807) is 19.1 Å². The molecule has 0 N–H and O–H groups in total. The Balaban J connectivity index is 3.31. The fraction of sp³-hybridized carbons (Fsp3) is 0.222. The van der Waals surface area contributed by atoms with Crippen molar-refractivity contribution in [3.63, 3.8) is 0 Å². The molecule has 0 saturated heterocycles. The van der Waals surface area contributed by atoms with E-state index in [2.05, 4.69) is 0 Å². The maximum atomic E-state index is 13.1. The minimum absolute atomic E-state index is 0.0315. The molecule has 0 atom stereocenters. The molecule has 0 aliphatic heterocycles. The summed E-state index contributed by atoms with van der Waals surface area (Å²) < 4.78 is 13.6. The van der Waals surface area contributed by atoms with Crippen LogP contribution in [0.5, 0.6) is 0 Å². The summed E-state index contributed by atoms with van der Waals surface area (Å²) in [5.74, 6) is -0.267. The van der Waals surface area contributed by atoms with Gasteiger partial charge in [0, 0.05) is 9.13 Å². The van der Waals surface area contributed by atoms with Crippen LogP contribution < -0.4 is 0 Å². The highest BCUT2D eigenvalue weighted by molar-refractivity contribution is 14.1. The highest BCUT2D eigenvalue weighted by Gasteiger charge is 2.07. The van der Waals surface area contributed by atoms with Gasteiger partial charge >= 0.3 is 0 Å². The number of carbonyl (C=O) groups excluding carboxylic acids is 1. The molecule has 0 heterocycles. The maximum absolute atomic E-state index is 13.1. The minimum Gasteiger partial charge on any atom is -0.295 e. The third-order valence-corrected chi connectivity index (χ3v) is 2.40. The van der Waals surface area contributed by atoms with Crippen molar-refractivity contribution < 1.29 is 9.18 Å². The van der Waals surface area contributed by atoms with Crippen molar-refractivity contribution in [1.82, 2.24) is 0 Å². The molecule has 3 heteroatoms. The van der Waals surface area contributed by atoms with Gasteiger partial charge in [-0.2, -0.15) is 0 Å². The number of ketones is 1. The first-order valence-electron chi connectivity index (χ1n) is 3.49. The first kappa shape index (κ1) is 9.64. The topological polar surface area (TPSA) is 17.1 Å². The molecular formula is C9H8FIO. The lowest BCUT2D eigenvalue weighted by Gasteiger charge is -2.01. The molecule has 0 aromatic heterocycles. The van der Waals surface area contributed by atoms with Gasteiger partial charge in [0.25, 0.3) is 0 Å². The Hall–Kier alpha value is -0.450. The lowest BCUT2D eigenvalue weighted by Crippen LogP contribution is -1.97. The van der Waals surface area contributed by atoms with E-state index in [1.165, 1.54) is 6.92 Å². The molecule has 1 aromatic rings. The predicted octanol–water partition coefficient (Wildman–Crippen LogP) is 2.94. The van der Waals surface area contributed by atoms with E-state index >= 15 is 0 Å². The largest absolute Gasteiger partial charge is 0.295 e. The first-order valence-corrected chi connectivity index (χ1v) is 4.57. The smallest absolute Gasteiger partial charge is 0.159 e. The molecule has 0 unspecified atom stereocenters. The number of rotatable bonds is 1. The molecule has 64 valence electrons. The Bertz CT molecular complexity index is 310. The van der Waals surface area contributed by atoms with Gasteiger partial charge in [-0.15, -0.1) is 0 Å². The van der Waals surface area contributed by atoms with Gasteiger partial charge in [-0.25, -0.2) is 4.39 Å². The number of aryl methyl sites for hydroxylation is 1. The number of carbonyl (C=O) groups is 1. The van der Waals surface area contributed by atoms with Gasteiger partial charge in [-0.3, -0.25) is 4.79 Å². The first-order chi connectivity index (χ1) is 5.52. The highest BCUT2D eigenvalue weighted by atomic mass is 127. The fourth-order valence-electron chi connectivity index (χ4n) is 0.930. The molecule has 1 aromatic carbocycles. The molecular weight excluding hydrogens is 270 g/mol. The maximum Gasteiger partial charge on any atom is 0.159 e. The number of benzene rings is 1. The third kappa shape index (κ3) is 1.83. The van der Waals surface area contributed by atoms with Crippen LogP contribution in [0, 0.1) is 16.3 Å². The van der Waals surface area contributed by atoms with Crippen LogP contribution >= 0.6 is 22.6 Å². The lowest BCUT2D eigenvalue weighted by atomic mass is 10.1. The van der Waals surface area contributed by atoms with Crippen molar-refractivity contribution in [2.75, 3.05) is 0 Å². The van der Waals surface area contributed by atoms with Crippen LogP contribution in [0.2, 0.25) is 0 Å². The van der Waals surface area contributed by atoms with Crippen LogP contribution in [0.15, 0.2) is 12.1 Å². The minimum atomic E-state index is -0.236. The van der Waals surface area contributed by atoms with Gasteiger partial charge < -0.3 is 0 Å². The van der Waals surface area contributed by atoms with E-state index < -0.39 is 0 Å². The van der Waals surface area contributed by atoms with Crippen molar-refractivity contribution >= 4 is 28.4 Å². The highest BCUT2D eigenvalue weighted by Crippen LogP contribution is 2.17. The molecule has 1 nitrogen and oxygen atoms in total. The molecule has 12 heavy (non-hydrogen) atoms. The Morgan fingerprint density at radius 2 is 2.08 bits per heavy atom. The Kier molecular flexibility index (Phi) is 2.82.